The van der Waals surface area contributed by atoms with Crippen molar-refractivity contribution in [3.8, 4) is 0 Å². The van der Waals surface area contributed by atoms with Gasteiger partial charge in [0, 0.05) is 10.7 Å². The first-order valence-corrected chi connectivity index (χ1v) is 5.96. The molecule has 2 rings (SSSR count). The second-order valence-corrected chi connectivity index (χ2v) is 4.38. The van der Waals surface area contributed by atoms with Crippen LogP contribution in [0.1, 0.15) is 16.1 Å². The number of hydrogen-bond acceptors (Lipinski definition) is 3. The summed E-state index contributed by atoms with van der Waals surface area (Å²) in [7, 11) is 0. The summed E-state index contributed by atoms with van der Waals surface area (Å²) in [6.45, 7) is 0.246. The molecule has 1 heterocycles. The number of halogens is 2. The van der Waals surface area contributed by atoms with E-state index in [2.05, 4.69) is 31.4 Å². The number of amides is 1. The Balaban J connectivity index is 2.06. The lowest BCUT2D eigenvalue weighted by Crippen LogP contribution is -2.23. The van der Waals surface area contributed by atoms with Crippen molar-refractivity contribution in [2.45, 2.75) is 6.54 Å². The molecule has 1 aromatic carbocycles. The molecule has 6 heteroatoms. The van der Waals surface area contributed by atoms with Crippen molar-refractivity contribution in [1.29, 1.82) is 0 Å². The molecule has 1 N–H and O–H groups in total. The fourth-order valence-corrected chi connectivity index (χ4v) is 1.79. The van der Waals surface area contributed by atoms with Gasteiger partial charge in [0.05, 0.1) is 17.8 Å². The molecule has 0 atom stereocenters. The van der Waals surface area contributed by atoms with Crippen LogP contribution in [0.15, 0.2) is 41.0 Å². The maximum absolute atomic E-state index is 13.0. The number of aromatic nitrogens is 2. The van der Waals surface area contributed by atoms with Crippen molar-refractivity contribution in [2.24, 2.45) is 0 Å². The molecule has 0 aliphatic heterocycles. The summed E-state index contributed by atoms with van der Waals surface area (Å²) in [5.41, 5.74) is 0.886. The second-order valence-electron chi connectivity index (χ2n) is 3.52. The minimum atomic E-state index is -0.456. The highest BCUT2D eigenvalue weighted by Gasteiger charge is 2.10. The van der Waals surface area contributed by atoms with E-state index in [0.717, 1.165) is 0 Å². The minimum Gasteiger partial charge on any atom is -0.346 e. The van der Waals surface area contributed by atoms with Gasteiger partial charge in [-0.25, -0.2) is 4.39 Å². The average molecular weight is 310 g/mol. The lowest BCUT2D eigenvalue weighted by atomic mass is 10.2. The molecule has 0 unspecified atom stereocenters. The van der Waals surface area contributed by atoms with E-state index in [9.17, 15) is 9.18 Å². The van der Waals surface area contributed by atoms with Gasteiger partial charge in [-0.15, -0.1) is 0 Å². The third-order valence-corrected chi connectivity index (χ3v) is 2.92. The molecule has 2 aromatic rings. The highest BCUT2D eigenvalue weighted by atomic mass is 79.9. The van der Waals surface area contributed by atoms with Crippen LogP contribution in [0, 0.1) is 5.82 Å². The van der Waals surface area contributed by atoms with Crippen LogP contribution in [-0.4, -0.2) is 16.1 Å². The molecule has 92 valence electrons. The first kappa shape index (κ1) is 12.6. The first-order valence-electron chi connectivity index (χ1n) is 5.16. The van der Waals surface area contributed by atoms with Crippen LogP contribution in [0.25, 0.3) is 0 Å². The molecule has 18 heavy (non-hydrogen) atoms. The quantitative estimate of drug-likeness (QED) is 0.946. The van der Waals surface area contributed by atoms with Crippen molar-refractivity contribution >= 4 is 21.8 Å². The molecular weight excluding hydrogens is 301 g/mol. The number of nitrogens with zero attached hydrogens (tertiary/aromatic N) is 2. The molecule has 0 saturated carbocycles. The zero-order valence-corrected chi connectivity index (χ0v) is 10.8. The fourth-order valence-electron chi connectivity index (χ4n) is 1.37. The van der Waals surface area contributed by atoms with Gasteiger partial charge < -0.3 is 5.32 Å². The van der Waals surface area contributed by atoms with Crippen molar-refractivity contribution in [3.05, 3.63) is 58.1 Å². The van der Waals surface area contributed by atoms with Gasteiger partial charge in [0.1, 0.15) is 5.82 Å². The normalized spacial score (nSPS) is 10.1. The Morgan fingerprint density at radius 3 is 2.94 bits per heavy atom. The van der Waals surface area contributed by atoms with E-state index in [1.54, 1.807) is 18.3 Å². The Bertz CT molecular complexity index is 563. The number of benzene rings is 1. The van der Waals surface area contributed by atoms with Crippen LogP contribution in [0.3, 0.4) is 0 Å². The molecular formula is C12H9BrFN3O. The Kier molecular flexibility index (Phi) is 3.99. The molecule has 4 nitrogen and oxygen atoms in total. The number of nitrogens with one attached hydrogen (secondary N) is 1. The second kappa shape index (κ2) is 5.68. The zero-order valence-electron chi connectivity index (χ0n) is 9.23. The fraction of sp³-hybridized carbons (Fsp3) is 0.0833. The maximum Gasteiger partial charge on any atom is 0.252 e. The lowest BCUT2D eigenvalue weighted by molar-refractivity contribution is 0.0949. The van der Waals surface area contributed by atoms with E-state index in [0.29, 0.717) is 10.2 Å². The standard InChI is InChI=1S/C12H9BrFN3O/c13-11-4-3-8(14)6-10(11)12(18)15-7-9-2-1-5-16-17-9/h1-6H,7H2,(H,15,18). The van der Waals surface area contributed by atoms with Gasteiger partial charge in [-0.05, 0) is 46.3 Å². The van der Waals surface area contributed by atoms with Crippen molar-refractivity contribution in [2.75, 3.05) is 0 Å². The van der Waals surface area contributed by atoms with Gasteiger partial charge in [-0.1, -0.05) is 0 Å². The summed E-state index contributed by atoms with van der Waals surface area (Å²) in [6, 6.07) is 7.42. The van der Waals surface area contributed by atoms with Gasteiger partial charge in [-0.2, -0.15) is 10.2 Å². The van der Waals surface area contributed by atoms with Crippen LogP contribution in [-0.2, 0) is 6.54 Å². The van der Waals surface area contributed by atoms with Gasteiger partial charge in [0.25, 0.3) is 5.91 Å². The van der Waals surface area contributed by atoms with Crippen LogP contribution in [0.4, 0.5) is 4.39 Å². The van der Waals surface area contributed by atoms with Crippen LogP contribution >= 0.6 is 15.9 Å². The monoisotopic (exact) mass is 309 g/mol. The Morgan fingerprint density at radius 2 is 2.22 bits per heavy atom. The molecule has 0 spiro atoms. The largest absolute Gasteiger partial charge is 0.346 e. The van der Waals surface area contributed by atoms with Gasteiger partial charge in [0.15, 0.2) is 0 Å². The van der Waals surface area contributed by atoms with Crippen molar-refractivity contribution in [3.63, 3.8) is 0 Å². The molecule has 1 amide bonds. The predicted molar refractivity (Wildman–Crippen MR) is 67.3 cm³/mol. The van der Waals surface area contributed by atoms with Gasteiger partial charge >= 0.3 is 0 Å². The van der Waals surface area contributed by atoms with E-state index >= 15 is 0 Å². The Hall–Kier alpha value is -1.82. The summed E-state index contributed by atoms with van der Waals surface area (Å²) in [4.78, 5) is 11.8. The molecule has 0 aliphatic rings. The molecule has 0 bridgehead atoms. The maximum atomic E-state index is 13.0. The topological polar surface area (TPSA) is 54.9 Å². The summed E-state index contributed by atoms with van der Waals surface area (Å²) in [5.74, 6) is -0.824. The van der Waals surface area contributed by atoms with Crippen molar-refractivity contribution < 1.29 is 9.18 Å². The minimum absolute atomic E-state index is 0.246. The smallest absolute Gasteiger partial charge is 0.252 e. The zero-order chi connectivity index (χ0) is 13.0. The molecule has 1 aromatic heterocycles. The molecule has 0 radical (unpaired) electrons. The third kappa shape index (κ3) is 3.10. The van der Waals surface area contributed by atoms with Crippen LogP contribution in [0.2, 0.25) is 0 Å². The Morgan fingerprint density at radius 1 is 1.39 bits per heavy atom. The van der Waals surface area contributed by atoms with E-state index in [1.165, 1.54) is 18.2 Å². The molecule has 0 saturated heterocycles. The highest BCUT2D eigenvalue weighted by Crippen LogP contribution is 2.17. The number of carbonyl (C=O) groups is 1. The van der Waals surface area contributed by atoms with E-state index in [4.69, 9.17) is 0 Å². The first-order chi connectivity index (χ1) is 8.66. The number of rotatable bonds is 3. The summed E-state index contributed by atoms with van der Waals surface area (Å²) >= 11 is 3.20. The average Bonchev–Trinajstić information content (AvgIpc) is 2.40. The van der Waals surface area contributed by atoms with Crippen molar-refractivity contribution in [1.82, 2.24) is 15.5 Å². The van der Waals surface area contributed by atoms with E-state index < -0.39 is 5.82 Å². The highest BCUT2D eigenvalue weighted by molar-refractivity contribution is 9.10. The van der Waals surface area contributed by atoms with Gasteiger partial charge in [0.2, 0.25) is 0 Å². The predicted octanol–water partition coefficient (Wildman–Crippen LogP) is 2.31. The molecule has 0 aliphatic carbocycles. The van der Waals surface area contributed by atoms with Crippen LogP contribution < -0.4 is 5.32 Å². The van der Waals surface area contributed by atoms with E-state index in [-0.39, 0.29) is 18.0 Å². The summed E-state index contributed by atoms with van der Waals surface area (Å²) in [5, 5.41) is 10.2. The molecule has 0 fully saturated rings. The SMILES string of the molecule is O=C(NCc1cccnn1)c1cc(F)ccc1Br. The van der Waals surface area contributed by atoms with E-state index in [1.807, 2.05) is 0 Å². The third-order valence-electron chi connectivity index (χ3n) is 2.23. The number of hydrogen-bond donors (Lipinski definition) is 1. The lowest BCUT2D eigenvalue weighted by Gasteiger charge is -2.06. The summed E-state index contributed by atoms with van der Waals surface area (Å²) in [6.07, 6.45) is 1.55. The Labute approximate surface area is 111 Å². The van der Waals surface area contributed by atoms with Crippen LogP contribution in [0.5, 0.6) is 0 Å². The summed E-state index contributed by atoms with van der Waals surface area (Å²) < 4.78 is 13.6. The number of carbonyl (C=O) groups excluding carboxylic acids is 1. The van der Waals surface area contributed by atoms with Gasteiger partial charge in [-0.3, -0.25) is 4.79 Å².